The van der Waals surface area contributed by atoms with E-state index in [1.807, 2.05) is 0 Å². The molecule has 0 atom stereocenters. The Bertz CT molecular complexity index is 233. The van der Waals surface area contributed by atoms with Crippen LogP contribution in [-0.4, -0.2) is 42.5 Å². The summed E-state index contributed by atoms with van der Waals surface area (Å²) in [6.45, 7) is 7.34. The number of rotatable bonds is 3. The van der Waals surface area contributed by atoms with Gasteiger partial charge in [-0.05, 0) is 26.7 Å². The zero-order valence-electron chi connectivity index (χ0n) is 9.08. The third kappa shape index (κ3) is 2.55. The van der Waals surface area contributed by atoms with Crippen LogP contribution in [0.15, 0.2) is 0 Å². The zero-order valence-corrected chi connectivity index (χ0v) is 9.08. The van der Waals surface area contributed by atoms with Crippen molar-refractivity contribution in [2.75, 3.05) is 26.2 Å². The largest absolute Gasteiger partial charge is 0.373 e. The summed E-state index contributed by atoms with van der Waals surface area (Å²) in [5.41, 5.74) is -0.0813. The molecule has 0 unspecified atom stereocenters. The molecule has 0 amide bonds. The van der Waals surface area contributed by atoms with E-state index < -0.39 is 0 Å². The summed E-state index contributed by atoms with van der Waals surface area (Å²) in [6.07, 6.45) is 2.24. The number of carbonyl (C=O) groups is 1. The van der Waals surface area contributed by atoms with Crippen LogP contribution in [-0.2, 0) is 9.53 Å². The maximum Gasteiger partial charge on any atom is 0.149 e. The molecule has 2 fully saturated rings. The Hall–Kier alpha value is -0.410. The topological polar surface area (TPSA) is 29.5 Å². The highest BCUT2D eigenvalue weighted by Crippen LogP contribution is 2.30. The number of nitrogens with zero attached hydrogens (tertiary/aromatic N) is 1. The molecule has 2 aliphatic rings. The first kappa shape index (κ1) is 10.1. The molecular formula is C11H19NO2. The van der Waals surface area contributed by atoms with Crippen molar-refractivity contribution in [3.8, 4) is 0 Å². The summed E-state index contributed by atoms with van der Waals surface area (Å²) < 4.78 is 5.60. The molecule has 0 aromatic rings. The normalized spacial score (nSPS) is 27.6. The van der Waals surface area contributed by atoms with Crippen molar-refractivity contribution in [1.29, 1.82) is 0 Å². The average molecular weight is 197 g/mol. The fraction of sp³-hybridized carbons (Fsp3) is 0.909. The highest BCUT2D eigenvalue weighted by atomic mass is 16.5. The van der Waals surface area contributed by atoms with Crippen molar-refractivity contribution in [1.82, 2.24) is 4.90 Å². The van der Waals surface area contributed by atoms with Crippen LogP contribution in [0.4, 0.5) is 0 Å². The van der Waals surface area contributed by atoms with Crippen LogP contribution in [0.1, 0.15) is 26.7 Å². The number of carbonyl (C=O) groups excluding carboxylic acids is 1. The Kier molecular flexibility index (Phi) is 2.62. The molecule has 3 nitrogen and oxygen atoms in total. The second-order valence-corrected chi connectivity index (χ2v) is 5.06. The van der Waals surface area contributed by atoms with Crippen LogP contribution in [0.25, 0.3) is 0 Å². The predicted molar refractivity (Wildman–Crippen MR) is 54.2 cm³/mol. The zero-order chi connectivity index (χ0) is 10.2. The van der Waals surface area contributed by atoms with Gasteiger partial charge in [0.05, 0.1) is 18.8 Å². The van der Waals surface area contributed by atoms with Crippen LogP contribution < -0.4 is 0 Å². The lowest BCUT2D eigenvalue weighted by Gasteiger charge is -2.37. The van der Waals surface area contributed by atoms with Gasteiger partial charge in [0.25, 0.3) is 0 Å². The summed E-state index contributed by atoms with van der Waals surface area (Å²) in [5, 5.41) is 0. The van der Waals surface area contributed by atoms with Crippen LogP contribution in [0.3, 0.4) is 0 Å². The van der Waals surface area contributed by atoms with Crippen LogP contribution >= 0.6 is 0 Å². The Balaban J connectivity index is 1.82. The molecule has 3 heteroatoms. The van der Waals surface area contributed by atoms with E-state index in [2.05, 4.69) is 18.7 Å². The van der Waals surface area contributed by atoms with E-state index in [0.717, 1.165) is 32.5 Å². The Labute approximate surface area is 85.4 Å². The van der Waals surface area contributed by atoms with Gasteiger partial charge in [-0.1, -0.05) is 0 Å². The molecule has 1 saturated heterocycles. The Morgan fingerprint density at radius 1 is 1.50 bits per heavy atom. The quantitative estimate of drug-likeness (QED) is 0.678. The molecule has 1 aliphatic heterocycles. The number of ketones is 1. The van der Waals surface area contributed by atoms with Gasteiger partial charge in [0.2, 0.25) is 0 Å². The fourth-order valence-electron chi connectivity index (χ4n) is 2.00. The minimum absolute atomic E-state index is 0.0813. The lowest BCUT2D eigenvalue weighted by molar-refractivity contribution is -0.126. The second-order valence-electron chi connectivity index (χ2n) is 5.06. The molecule has 2 rings (SSSR count). The first-order valence-electron chi connectivity index (χ1n) is 5.46. The maximum absolute atomic E-state index is 11.6. The molecule has 0 spiro atoms. The number of hydrogen-bond donors (Lipinski definition) is 0. The Morgan fingerprint density at radius 3 is 2.79 bits per heavy atom. The van der Waals surface area contributed by atoms with Gasteiger partial charge in [-0.25, -0.2) is 0 Å². The fourth-order valence-corrected chi connectivity index (χ4v) is 2.00. The van der Waals surface area contributed by atoms with Crippen molar-refractivity contribution in [2.45, 2.75) is 32.3 Å². The van der Waals surface area contributed by atoms with Gasteiger partial charge in [-0.2, -0.15) is 0 Å². The monoisotopic (exact) mass is 197 g/mol. The molecular weight excluding hydrogens is 178 g/mol. The second kappa shape index (κ2) is 3.63. The van der Waals surface area contributed by atoms with Gasteiger partial charge < -0.3 is 4.74 Å². The molecule has 1 saturated carbocycles. The van der Waals surface area contributed by atoms with Gasteiger partial charge >= 0.3 is 0 Å². The van der Waals surface area contributed by atoms with E-state index in [-0.39, 0.29) is 5.60 Å². The van der Waals surface area contributed by atoms with Crippen molar-refractivity contribution < 1.29 is 9.53 Å². The molecule has 0 aromatic heterocycles. The molecule has 0 N–H and O–H groups in total. The van der Waals surface area contributed by atoms with E-state index in [4.69, 9.17) is 4.74 Å². The molecule has 0 aromatic carbocycles. The summed E-state index contributed by atoms with van der Waals surface area (Å²) in [7, 11) is 0. The molecule has 1 aliphatic carbocycles. The molecule has 14 heavy (non-hydrogen) atoms. The number of hydrogen-bond acceptors (Lipinski definition) is 3. The smallest absolute Gasteiger partial charge is 0.149 e. The minimum atomic E-state index is -0.0813. The lowest BCUT2D eigenvalue weighted by atomic mass is 10.1. The first-order chi connectivity index (χ1) is 6.57. The molecule has 0 radical (unpaired) electrons. The lowest BCUT2D eigenvalue weighted by Crippen LogP contribution is -2.49. The third-order valence-corrected chi connectivity index (χ3v) is 2.92. The van der Waals surface area contributed by atoms with E-state index >= 15 is 0 Å². The number of ether oxygens (including phenoxy) is 1. The van der Waals surface area contributed by atoms with E-state index in [1.54, 1.807) is 0 Å². The van der Waals surface area contributed by atoms with E-state index in [9.17, 15) is 4.79 Å². The van der Waals surface area contributed by atoms with Crippen LogP contribution in [0.5, 0.6) is 0 Å². The van der Waals surface area contributed by atoms with Crippen LogP contribution in [0.2, 0.25) is 0 Å². The summed E-state index contributed by atoms with van der Waals surface area (Å²) in [4.78, 5) is 13.8. The molecule has 80 valence electrons. The van der Waals surface area contributed by atoms with Gasteiger partial charge in [-0.15, -0.1) is 0 Å². The van der Waals surface area contributed by atoms with E-state index in [0.29, 0.717) is 18.2 Å². The predicted octanol–water partition coefficient (Wildman–Crippen LogP) is 1.08. The van der Waals surface area contributed by atoms with Gasteiger partial charge in [0, 0.05) is 19.0 Å². The standard InChI is InChI=1S/C11H19NO2/c1-11(2)8-12(5-6-14-11)7-10(13)9-3-4-9/h9H,3-8H2,1-2H3. The number of Topliss-reactive ketones (excluding diaryl/α,β-unsaturated/α-hetero) is 1. The van der Waals surface area contributed by atoms with Crippen LogP contribution in [0, 0.1) is 5.92 Å². The SMILES string of the molecule is CC1(C)CN(CC(=O)C2CC2)CCO1. The van der Waals surface area contributed by atoms with Gasteiger partial charge in [-0.3, -0.25) is 9.69 Å². The highest BCUT2D eigenvalue weighted by molar-refractivity contribution is 5.85. The molecule has 1 heterocycles. The number of morpholine rings is 1. The Morgan fingerprint density at radius 2 is 2.21 bits per heavy atom. The summed E-state index contributed by atoms with van der Waals surface area (Å²) in [6, 6.07) is 0. The van der Waals surface area contributed by atoms with Gasteiger partial charge in [0.1, 0.15) is 5.78 Å². The first-order valence-corrected chi connectivity index (χ1v) is 5.46. The van der Waals surface area contributed by atoms with Crippen molar-refractivity contribution in [3.05, 3.63) is 0 Å². The highest BCUT2D eigenvalue weighted by Gasteiger charge is 2.33. The van der Waals surface area contributed by atoms with Crippen molar-refractivity contribution in [2.24, 2.45) is 5.92 Å². The van der Waals surface area contributed by atoms with Crippen molar-refractivity contribution >= 4 is 5.78 Å². The minimum Gasteiger partial charge on any atom is -0.373 e. The molecule has 0 bridgehead atoms. The third-order valence-electron chi connectivity index (χ3n) is 2.92. The van der Waals surface area contributed by atoms with Crippen molar-refractivity contribution in [3.63, 3.8) is 0 Å². The summed E-state index contributed by atoms with van der Waals surface area (Å²) >= 11 is 0. The maximum atomic E-state index is 11.6. The summed E-state index contributed by atoms with van der Waals surface area (Å²) in [5.74, 6) is 0.823. The van der Waals surface area contributed by atoms with E-state index in [1.165, 1.54) is 0 Å². The average Bonchev–Trinajstić information content (AvgIpc) is 2.83. The van der Waals surface area contributed by atoms with Gasteiger partial charge in [0.15, 0.2) is 0 Å².